The van der Waals surface area contributed by atoms with Gasteiger partial charge in [-0.2, -0.15) is 0 Å². The second kappa shape index (κ2) is 6.20. The molecule has 0 saturated carbocycles. The van der Waals surface area contributed by atoms with Gasteiger partial charge in [-0.15, -0.1) is 11.3 Å². The lowest BCUT2D eigenvalue weighted by molar-refractivity contribution is 0.613. The Morgan fingerprint density at radius 3 is 2.59 bits per heavy atom. The molecule has 0 aliphatic carbocycles. The van der Waals surface area contributed by atoms with E-state index < -0.39 is 0 Å². The summed E-state index contributed by atoms with van der Waals surface area (Å²) in [4.78, 5) is 1.41. The van der Waals surface area contributed by atoms with E-state index in [-0.39, 0.29) is 6.04 Å². The summed E-state index contributed by atoms with van der Waals surface area (Å²) in [6.07, 6.45) is 3.03. The lowest BCUT2D eigenvalue weighted by atomic mass is 10.0. The molecule has 1 nitrogen and oxygen atoms in total. The minimum atomic E-state index is 0.221. The van der Waals surface area contributed by atoms with Crippen molar-refractivity contribution in [2.24, 2.45) is 5.73 Å². The first-order valence-corrected chi connectivity index (χ1v) is 7.02. The molecule has 1 aromatic heterocycles. The van der Waals surface area contributed by atoms with Gasteiger partial charge in [0.05, 0.1) is 0 Å². The maximum absolute atomic E-state index is 6.13. The number of halogens is 1. The molecular weight excluding hydrogens is 250 g/mol. The molecule has 0 fully saturated rings. The molecule has 0 aliphatic heterocycles. The van der Waals surface area contributed by atoms with Crippen LogP contribution in [0.1, 0.15) is 16.9 Å². The number of hydrogen-bond donors (Lipinski definition) is 1. The summed E-state index contributed by atoms with van der Waals surface area (Å²) in [5.41, 5.74) is 7.39. The van der Waals surface area contributed by atoms with Crippen LogP contribution in [-0.2, 0) is 12.8 Å². The highest BCUT2D eigenvalue weighted by molar-refractivity contribution is 7.09. The van der Waals surface area contributed by atoms with E-state index in [0.717, 1.165) is 24.3 Å². The molecule has 3 heteroatoms. The predicted molar refractivity (Wildman–Crippen MR) is 75.8 cm³/mol. The van der Waals surface area contributed by atoms with Crippen LogP contribution in [-0.4, -0.2) is 6.04 Å². The van der Waals surface area contributed by atoms with Crippen molar-refractivity contribution >= 4 is 22.9 Å². The number of rotatable bonds is 5. The summed E-state index contributed by atoms with van der Waals surface area (Å²) in [5, 5.41) is 2.89. The summed E-state index contributed by atoms with van der Waals surface area (Å²) in [6, 6.07) is 12.4. The maximum atomic E-state index is 6.13. The Hall–Kier alpha value is -0.830. The van der Waals surface area contributed by atoms with Crippen LogP contribution in [0.15, 0.2) is 41.8 Å². The third-order valence-electron chi connectivity index (χ3n) is 2.75. The van der Waals surface area contributed by atoms with Gasteiger partial charge in [-0.1, -0.05) is 29.8 Å². The van der Waals surface area contributed by atoms with Crippen LogP contribution in [0.3, 0.4) is 0 Å². The average Bonchev–Trinajstić information content (AvgIpc) is 2.83. The fourth-order valence-electron chi connectivity index (χ4n) is 1.81. The van der Waals surface area contributed by atoms with Gasteiger partial charge in [-0.3, -0.25) is 0 Å². The summed E-state index contributed by atoms with van der Waals surface area (Å²) < 4.78 is 0. The van der Waals surface area contributed by atoms with Gasteiger partial charge >= 0.3 is 0 Å². The van der Waals surface area contributed by atoms with Crippen LogP contribution in [0, 0.1) is 0 Å². The molecule has 1 unspecified atom stereocenters. The molecule has 1 atom stereocenters. The van der Waals surface area contributed by atoms with Crippen molar-refractivity contribution in [2.75, 3.05) is 0 Å². The molecule has 2 rings (SSSR count). The molecule has 0 saturated heterocycles. The number of aryl methyl sites for hydroxylation is 1. The maximum Gasteiger partial charge on any atom is 0.0406 e. The van der Waals surface area contributed by atoms with E-state index in [4.69, 9.17) is 17.3 Å². The number of benzene rings is 1. The van der Waals surface area contributed by atoms with E-state index in [1.54, 1.807) is 11.3 Å². The van der Waals surface area contributed by atoms with E-state index in [1.165, 1.54) is 10.4 Å². The Balaban J connectivity index is 1.80. The predicted octanol–water partition coefficient (Wildman–Crippen LogP) is 3.90. The van der Waals surface area contributed by atoms with Crippen LogP contribution >= 0.6 is 22.9 Å². The van der Waals surface area contributed by atoms with Crippen molar-refractivity contribution in [3.05, 3.63) is 57.2 Å². The number of thiophene rings is 1. The van der Waals surface area contributed by atoms with Gasteiger partial charge < -0.3 is 5.73 Å². The van der Waals surface area contributed by atoms with Gasteiger partial charge in [0.15, 0.2) is 0 Å². The van der Waals surface area contributed by atoms with E-state index in [9.17, 15) is 0 Å². The zero-order chi connectivity index (χ0) is 12.1. The van der Waals surface area contributed by atoms with Gasteiger partial charge in [-0.25, -0.2) is 0 Å². The van der Waals surface area contributed by atoms with Crippen LogP contribution < -0.4 is 5.73 Å². The Bertz CT molecular complexity index is 436. The highest BCUT2D eigenvalue weighted by atomic mass is 35.5. The quantitative estimate of drug-likeness (QED) is 0.872. The summed E-state index contributed by atoms with van der Waals surface area (Å²) in [5.74, 6) is 0. The fraction of sp³-hybridized carbons (Fsp3) is 0.286. The molecule has 0 bridgehead atoms. The SMILES string of the molecule is NC(CCc1cccs1)Cc1ccc(Cl)cc1. The minimum Gasteiger partial charge on any atom is -0.327 e. The second-order valence-electron chi connectivity index (χ2n) is 4.21. The van der Waals surface area contributed by atoms with Gasteiger partial charge in [-0.05, 0) is 48.4 Å². The van der Waals surface area contributed by atoms with Gasteiger partial charge in [0, 0.05) is 15.9 Å². The normalized spacial score (nSPS) is 12.6. The van der Waals surface area contributed by atoms with Gasteiger partial charge in [0.2, 0.25) is 0 Å². The third kappa shape index (κ3) is 4.15. The van der Waals surface area contributed by atoms with Crippen LogP contribution in [0.5, 0.6) is 0 Å². The van der Waals surface area contributed by atoms with Crippen molar-refractivity contribution < 1.29 is 0 Å². The first-order valence-electron chi connectivity index (χ1n) is 5.76. The van der Waals surface area contributed by atoms with Gasteiger partial charge in [0.1, 0.15) is 0 Å². The summed E-state index contributed by atoms with van der Waals surface area (Å²) >= 11 is 7.65. The van der Waals surface area contributed by atoms with Crippen molar-refractivity contribution in [1.82, 2.24) is 0 Å². The molecule has 2 N–H and O–H groups in total. The lowest BCUT2D eigenvalue weighted by Crippen LogP contribution is -2.23. The van der Waals surface area contributed by atoms with Crippen LogP contribution in [0.4, 0.5) is 0 Å². The first kappa shape index (κ1) is 12.6. The molecule has 1 heterocycles. The van der Waals surface area contributed by atoms with Gasteiger partial charge in [0.25, 0.3) is 0 Å². The van der Waals surface area contributed by atoms with Crippen molar-refractivity contribution in [3.8, 4) is 0 Å². The second-order valence-corrected chi connectivity index (χ2v) is 5.68. The van der Waals surface area contributed by atoms with Crippen LogP contribution in [0.2, 0.25) is 5.02 Å². The average molecular weight is 266 g/mol. The molecule has 0 amide bonds. The standard InChI is InChI=1S/C14H16ClNS/c15-12-5-3-11(4-6-12)10-13(16)7-8-14-2-1-9-17-14/h1-6,9,13H,7-8,10,16H2. The molecule has 1 aromatic carbocycles. The van der Waals surface area contributed by atoms with Crippen molar-refractivity contribution in [3.63, 3.8) is 0 Å². The molecule has 17 heavy (non-hydrogen) atoms. The van der Waals surface area contributed by atoms with E-state index in [2.05, 4.69) is 17.5 Å². The smallest absolute Gasteiger partial charge is 0.0406 e. The monoisotopic (exact) mass is 265 g/mol. The van der Waals surface area contributed by atoms with E-state index in [1.807, 2.05) is 24.3 Å². The van der Waals surface area contributed by atoms with Crippen LogP contribution in [0.25, 0.3) is 0 Å². The first-order chi connectivity index (χ1) is 8.24. The Morgan fingerprint density at radius 2 is 1.94 bits per heavy atom. The molecule has 2 aromatic rings. The zero-order valence-corrected chi connectivity index (χ0v) is 11.2. The highest BCUT2D eigenvalue weighted by Crippen LogP contribution is 2.14. The minimum absolute atomic E-state index is 0.221. The Morgan fingerprint density at radius 1 is 1.18 bits per heavy atom. The Kier molecular flexibility index (Phi) is 4.60. The van der Waals surface area contributed by atoms with Crippen molar-refractivity contribution in [1.29, 1.82) is 0 Å². The summed E-state index contributed by atoms with van der Waals surface area (Å²) in [7, 11) is 0. The van der Waals surface area contributed by atoms with E-state index >= 15 is 0 Å². The summed E-state index contributed by atoms with van der Waals surface area (Å²) in [6.45, 7) is 0. The Labute approximate surface area is 111 Å². The molecule has 0 spiro atoms. The lowest BCUT2D eigenvalue weighted by Gasteiger charge is -2.10. The molecular formula is C14H16ClNS. The number of hydrogen-bond acceptors (Lipinski definition) is 2. The van der Waals surface area contributed by atoms with Crippen molar-refractivity contribution in [2.45, 2.75) is 25.3 Å². The van der Waals surface area contributed by atoms with E-state index in [0.29, 0.717) is 0 Å². The largest absolute Gasteiger partial charge is 0.327 e. The molecule has 0 aliphatic rings. The number of nitrogens with two attached hydrogens (primary N) is 1. The topological polar surface area (TPSA) is 26.0 Å². The zero-order valence-electron chi connectivity index (χ0n) is 9.60. The fourth-order valence-corrected chi connectivity index (χ4v) is 2.66. The molecule has 90 valence electrons. The third-order valence-corrected chi connectivity index (χ3v) is 3.94. The molecule has 0 radical (unpaired) electrons. The highest BCUT2D eigenvalue weighted by Gasteiger charge is 2.05.